The molecule has 2 aromatic rings. The van der Waals surface area contributed by atoms with Crippen LogP contribution in [0.1, 0.15) is 10.6 Å². The normalized spacial score (nSPS) is 17.2. The van der Waals surface area contributed by atoms with Crippen molar-refractivity contribution in [3.8, 4) is 10.6 Å². The maximum atomic E-state index is 4.87. The highest BCUT2D eigenvalue weighted by atomic mass is 32.1. The third-order valence-corrected chi connectivity index (χ3v) is 5.13. The lowest BCUT2D eigenvalue weighted by Gasteiger charge is -2.26. The van der Waals surface area contributed by atoms with E-state index in [1.807, 2.05) is 11.3 Å². The fourth-order valence-electron chi connectivity index (χ4n) is 2.72. The molecule has 0 spiro atoms. The monoisotopic (exact) mass is 280 g/mol. The van der Waals surface area contributed by atoms with Gasteiger partial charge in [0.25, 0.3) is 0 Å². The van der Waals surface area contributed by atoms with E-state index in [1.165, 1.54) is 26.8 Å². The van der Waals surface area contributed by atoms with Crippen LogP contribution in [0, 0.1) is 0 Å². The fourth-order valence-corrected chi connectivity index (χ4v) is 3.82. The van der Waals surface area contributed by atoms with E-state index >= 15 is 0 Å². The third kappa shape index (κ3) is 2.08. The number of hydrogen-bond donors (Lipinski definition) is 0. The zero-order chi connectivity index (χ0) is 13.4. The molecule has 1 aromatic heterocycles. The summed E-state index contributed by atoms with van der Waals surface area (Å²) in [4.78, 5) is 8.81. The molecule has 0 atom stereocenters. The highest BCUT2D eigenvalue weighted by molar-refractivity contribution is 7.15. The first-order chi connectivity index (χ1) is 9.90. The Hall–Kier alpha value is -1.87. The van der Waals surface area contributed by atoms with E-state index in [9.17, 15) is 0 Å². The zero-order valence-electron chi connectivity index (χ0n) is 11.2. The Balaban J connectivity index is 1.57. The van der Waals surface area contributed by atoms with Gasteiger partial charge in [0.15, 0.2) is 0 Å². The SMILES string of the molecule is C1=CC(N2CCc3nc(-c4ccccc4)sc3CC2)=C1. The molecule has 1 aromatic carbocycles. The second kappa shape index (κ2) is 4.91. The van der Waals surface area contributed by atoms with Crippen molar-refractivity contribution in [1.82, 2.24) is 9.88 Å². The van der Waals surface area contributed by atoms with E-state index in [2.05, 4.69) is 53.5 Å². The number of allylic oxidation sites excluding steroid dienone is 3. The van der Waals surface area contributed by atoms with E-state index in [1.54, 1.807) is 0 Å². The largest absolute Gasteiger partial charge is 0.371 e. The smallest absolute Gasteiger partial charge is 0.123 e. The highest BCUT2D eigenvalue weighted by Gasteiger charge is 2.20. The quantitative estimate of drug-likeness (QED) is 0.834. The number of rotatable bonds is 2. The zero-order valence-corrected chi connectivity index (χ0v) is 12.1. The number of benzene rings is 1. The molecular weight excluding hydrogens is 264 g/mol. The highest BCUT2D eigenvalue weighted by Crippen LogP contribution is 2.31. The van der Waals surface area contributed by atoms with Gasteiger partial charge in [0.05, 0.1) is 5.69 Å². The molecule has 0 saturated heterocycles. The second-order valence-electron chi connectivity index (χ2n) is 5.19. The second-order valence-corrected chi connectivity index (χ2v) is 6.28. The molecule has 1 aliphatic carbocycles. The molecule has 0 saturated carbocycles. The number of aromatic nitrogens is 1. The van der Waals surface area contributed by atoms with E-state index < -0.39 is 0 Å². The first-order valence-electron chi connectivity index (χ1n) is 7.07. The van der Waals surface area contributed by atoms with Crippen LogP contribution in [0.25, 0.3) is 10.6 Å². The molecule has 0 radical (unpaired) electrons. The molecule has 0 unspecified atom stereocenters. The summed E-state index contributed by atoms with van der Waals surface area (Å²) in [6.07, 6.45) is 8.68. The molecule has 3 heteroatoms. The van der Waals surface area contributed by atoms with Crippen LogP contribution in [0.4, 0.5) is 0 Å². The Bertz CT molecular complexity index is 657. The van der Waals surface area contributed by atoms with Crippen molar-refractivity contribution >= 4 is 11.3 Å². The molecule has 1 aliphatic heterocycles. The van der Waals surface area contributed by atoms with Gasteiger partial charge in [0.1, 0.15) is 5.01 Å². The first-order valence-corrected chi connectivity index (χ1v) is 7.89. The summed E-state index contributed by atoms with van der Waals surface area (Å²) in [5.41, 5.74) is 3.93. The fraction of sp³-hybridized carbons (Fsp3) is 0.235. The predicted octanol–water partition coefficient (Wildman–Crippen LogP) is 3.66. The van der Waals surface area contributed by atoms with Crippen LogP contribution in [-0.4, -0.2) is 23.0 Å². The van der Waals surface area contributed by atoms with Gasteiger partial charge in [-0.2, -0.15) is 0 Å². The summed E-state index contributed by atoms with van der Waals surface area (Å²) in [7, 11) is 0. The summed E-state index contributed by atoms with van der Waals surface area (Å²) < 4.78 is 0. The minimum absolute atomic E-state index is 1.06. The van der Waals surface area contributed by atoms with Gasteiger partial charge in [-0.05, 0) is 12.2 Å². The lowest BCUT2D eigenvalue weighted by molar-refractivity contribution is 0.369. The molecule has 100 valence electrons. The standard InChI is InChI=1S/C17H16N2S/c1-2-5-13(6-3-1)17-18-15-9-11-19(14-7-4-8-14)12-10-16(15)20-17/h1-8H,9-12H2. The summed E-state index contributed by atoms with van der Waals surface area (Å²) >= 11 is 1.87. The molecule has 4 rings (SSSR count). The Morgan fingerprint density at radius 1 is 1.05 bits per heavy atom. The molecular formula is C17H16N2S. The van der Waals surface area contributed by atoms with E-state index in [0.717, 1.165) is 25.9 Å². The lowest BCUT2D eigenvalue weighted by atomic mass is 10.2. The predicted molar refractivity (Wildman–Crippen MR) is 83.8 cm³/mol. The average molecular weight is 280 g/mol. The van der Waals surface area contributed by atoms with E-state index in [-0.39, 0.29) is 0 Å². The van der Waals surface area contributed by atoms with E-state index in [4.69, 9.17) is 4.98 Å². The molecule has 2 aliphatic rings. The van der Waals surface area contributed by atoms with E-state index in [0.29, 0.717) is 0 Å². The summed E-state index contributed by atoms with van der Waals surface area (Å²) in [6, 6.07) is 10.5. The van der Waals surface area contributed by atoms with Crippen LogP contribution in [0.2, 0.25) is 0 Å². The number of fused-ring (bicyclic) bond motifs is 1. The number of thiazole rings is 1. The Morgan fingerprint density at radius 2 is 1.85 bits per heavy atom. The van der Waals surface area contributed by atoms with Gasteiger partial charge in [0, 0.05) is 42.1 Å². The van der Waals surface area contributed by atoms with Crippen LogP contribution in [-0.2, 0) is 12.8 Å². The van der Waals surface area contributed by atoms with Crippen molar-refractivity contribution in [3.63, 3.8) is 0 Å². The van der Waals surface area contributed by atoms with Crippen LogP contribution in [0.15, 0.2) is 54.3 Å². The van der Waals surface area contributed by atoms with Gasteiger partial charge in [-0.1, -0.05) is 36.4 Å². The minimum atomic E-state index is 1.06. The van der Waals surface area contributed by atoms with Crippen LogP contribution in [0.3, 0.4) is 0 Å². The van der Waals surface area contributed by atoms with Crippen molar-refractivity contribution in [3.05, 3.63) is 64.8 Å². The number of nitrogens with zero attached hydrogens (tertiary/aromatic N) is 2. The van der Waals surface area contributed by atoms with Gasteiger partial charge in [-0.15, -0.1) is 11.3 Å². The molecule has 0 amide bonds. The van der Waals surface area contributed by atoms with Crippen molar-refractivity contribution < 1.29 is 0 Å². The van der Waals surface area contributed by atoms with Gasteiger partial charge < -0.3 is 4.90 Å². The van der Waals surface area contributed by atoms with Gasteiger partial charge >= 0.3 is 0 Å². The van der Waals surface area contributed by atoms with Crippen molar-refractivity contribution in [2.24, 2.45) is 0 Å². The minimum Gasteiger partial charge on any atom is -0.371 e. The van der Waals surface area contributed by atoms with Gasteiger partial charge in [-0.3, -0.25) is 0 Å². The molecule has 0 N–H and O–H groups in total. The molecule has 2 heterocycles. The average Bonchev–Trinajstić information content (AvgIpc) is 2.75. The first kappa shape index (κ1) is 11.9. The maximum absolute atomic E-state index is 4.87. The summed E-state index contributed by atoms with van der Waals surface area (Å²) in [5, 5.41) is 1.17. The maximum Gasteiger partial charge on any atom is 0.123 e. The Morgan fingerprint density at radius 3 is 2.60 bits per heavy atom. The van der Waals surface area contributed by atoms with Crippen molar-refractivity contribution in [1.29, 1.82) is 0 Å². The van der Waals surface area contributed by atoms with Gasteiger partial charge in [0.2, 0.25) is 0 Å². The lowest BCUT2D eigenvalue weighted by Crippen LogP contribution is -2.26. The third-order valence-electron chi connectivity index (χ3n) is 3.93. The van der Waals surface area contributed by atoms with Crippen LogP contribution >= 0.6 is 11.3 Å². The van der Waals surface area contributed by atoms with Crippen LogP contribution in [0.5, 0.6) is 0 Å². The van der Waals surface area contributed by atoms with Crippen molar-refractivity contribution in [2.45, 2.75) is 12.8 Å². The van der Waals surface area contributed by atoms with Crippen molar-refractivity contribution in [2.75, 3.05) is 13.1 Å². The molecule has 20 heavy (non-hydrogen) atoms. The summed E-state index contributed by atoms with van der Waals surface area (Å²) in [6.45, 7) is 2.20. The summed E-state index contributed by atoms with van der Waals surface area (Å²) in [5.74, 6) is 0. The Labute approximate surface area is 123 Å². The molecule has 2 nitrogen and oxygen atoms in total. The molecule has 0 fully saturated rings. The van der Waals surface area contributed by atoms with Crippen LogP contribution < -0.4 is 0 Å². The molecule has 0 bridgehead atoms. The topological polar surface area (TPSA) is 16.1 Å². The Kier molecular flexibility index (Phi) is 2.92. The van der Waals surface area contributed by atoms with Gasteiger partial charge in [-0.25, -0.2) is 4.98 Å². The number of hydrogen-bond acceptors (Lipinski definition) is 3.